The van der Waals surface area contributed by atoms with Gasteiger partial charge in [0.15, 0.2) is 0 Å². The molecule has 2 atom stereocenters. The summed E-state index contributed by atoms with van der Waals surface area (Å²) in [5.74, 6) is -0.0356. The minimum atomic E-state index is -3.51. The monoisotopic (exact) mass is 479 g/mol. The first kappa shape index (κ1) is 27.0. The molecular formula is C24H37N3O5S. The van der Waals surface area contributed by atoms with E-state index in [4.69, 9.17) is 4.42 Å². The number of carbonyl (C=O) groups excluding carboxylic acids is 1. The maximum Gasteiger partial charge on any atom is 0.221 e. The van der Waals surface area contributed by atoms with E-state index < -0.39 is 28.1 Å². The van der Waals surface area contributed by atoms with Crippen LogP contribution in [-0.2, 0) is 27.8 Å². The molecule has 0 fully saturated rings. The Morgan fingerprint density at radius 2 is 1.79 bits per heavy atom. The third kappa shape index (κ3) is 9.67. The van der Waals surface area contributed by atoms with Crippen LogP contribution in [0.1, 0.15) is 44.4 Å². The fraction of sp³-hybridized carbons (Fsp3) is 0.542. The minimum Gasteiger partial charge on any atom is -0.469 e. The zero-order chi connectivity index (χ0) is 24.1. The highest BCUT2D eigenvalue weighted by atomic mass is 32.2. The molecule has 1 amide bonds. The lowest BCUT2D eigenvalue weighted by molar-refractivity contribution is -0.122. The van der Waals surface area contributed by atoms with Crippen LogP contribution in [0, 0.1) is 0 Å². The van der Waals surface area contributed by atoms with Crippen molar-refractivity contribution in [1.82, 2.24) is 14.9 Å². The first-order valence-corrected chi connectivity index (χ1v) is 13.2. The van der Waals surface area contributed by atoms with E-state index in [0.717, 1.165) is 18.4 Å². The van der Waals surface area contributed by atoms with E-state index in [9.17, 15) is 18.3 Å². The van der Waals surface area contributed by atoms with Gasteiger partial charge in [0, 0.05) is 39.0 Å². The van der Waals surface area contributed by atoms with E-state index in [1.807, 2.05) is 44.2 Å². The number of hydrogen-bond acceptors (Lipinski definition) is 6. The Balaban J connectivity index is 1.93. The molecule has 0 saturated carbocycles. The molecule has 1 aromatic carbocycles. The highest BCUT2D eigenvalue weighted by Crippen LogP contribution is 2.10. The second-order valence-corrected chi connectivity index (χ2v) is 10.2. The van der Waals surface area contributed by atoms with Gasteiger partial charge in [-0.05, 0) is 30.5 Å². The third-order valence-corrected chi connectivity index (χ3v) is 7.14. The second-order valence-electron chi connectivity index (χ2n) is 8.11. The standard InChI is InChI=1S/C24H37N3O5S/c1-3-13-27(14-4-2)33(30,31)16-12-24(29)26-22(17-21-11-8-15-32-21)23(28)19-25-18-20-9-6-5-7-10-20/h5-11,15,22-23,25,28H,3-4,12-14,16-19H2,1-2H3,(H,26,29)/t22-,23-/m0/s1. The second kappa shape index (κ2) is 14.1. The van der Waals surface area contributed by atoms with E-state index >= 15 is 0 Å². The van der Waals surface area contributed by atoms with Crippen LogP contribution in [0.3, 0.4) is 0 Å². The summed E-state index contributed by atoms with van der Waals surface area (Å²) in [6.07, 6.45) is 2.24. The Hall–Kier alpha value is -2.20. The fourth-order valence-electron chi connectivity index (χ4n) is 3.55. The number of hydrogen-bond donors (Lipinski definition) is 3. The topological polar surface area (TPSA) is 112 Å². The highest BCUT2D eigenvalue weighted by molar-refractivity contribution is 7.89. The number of rotatable bonds is 16. The number of nitrogens with zero attached hydrogens (tertiary/aromatic N) is 1. The molecule has 0 radical (unpaired) electrons. The van der Waals surface area contributed by atoms with Gasteiger partial charge < -0.3 is 20.2 Å². The van der Waals surface area contributed by atoms with Crippen LogP contribution < -0.4 is 10.6 Å². The smallest absolute Gasteiger partial charge is 0.221 e. The predicted molar refractivity (Wildman–Crippen MR) is 129 cm³/mol. The van der Waals surface area contributed by atoms with Gasteiger partial charge in [-0.2, -0.15) is 0 Å². The van der Waals surface area contributed by atoms with Crippen molar-refractivity contribution in [3.05, 3.63) is 60.1 Å². The van der Waals surface area contributed by atoms with Gasteiger partial charge in [0.2, 0.25) is 15.9 Å². The van der Waals surface area contributed by atoms with E-state index in [2.05, 4.69) is 10.6 Å². The molecule has 0 spiro atoms. The van der Waals surface area contributed by atoms with Gasteiger partial charge in [-0.1, -0.05) is 44.2 Å². The molecule has 1 aromatic heterocycles. The number of benzene rings is 1. The Kier molecular flexibility index (Phi) is 11.6. The number of sulfonamides is 1. The molecule has 0 unspecified atom stereocenters. The van der Waals surface area contributed by atoms with Crippen molar-refractivity contribution in [2.24, 2.45) is 0 Å². The van der Waals surface area contributed by atoms with E-state index in [1.54, 1.807) is 12.1 Å². The summed E-state index contributed by atoms with van der Waals surface area (Å²) in [5, 5.41) is 16.8. The van der Waals surface area contributed by atoms with Crippen molar-refractivity contribution in [2.45, 2.75) is 58.2 Å². The number of nitrogens with one attached hydrogen (secondary N) is 2. The Morgan fingerprint density at radius 1 is 1.09 bits per heavy atom. The van der Waals surface area contributed by atoms with Crippen LogP contribution >= 0.6 is 0 Å². The Labute approximate surface area is 197 Å². The fourth-order valence-corrected chi connectivity index (χ4v) is 5.17. The lowest BCUT2D eigenvalue weighted by Gasteiger charge is -2.25. The lowest BCUT2D eigenvalue weighted by Crippen LogP contribution is -2.49. The molecule has 0 bridgehead atoms. The first-order valence-electron chi connectivity index (χ1n) is 11.6. The van der Waals surface area contributed by atoms with Crippen LogP contribution in [0.4, 0.5) is 0 Å². The van der Waals surface area contributed by atoms with Gasteiger partial charge in [-0.25, -0.2) is 12.7 Å². The van der Waals surface area contributed by atoms with Crippen LogP contribution in [0.2, 0.25) is 0 Å². The summed E-state index contributed by atoms with van der Waals surface area (Å²) in [6.45, 7) is 5.60. The summed E-state index contributed by atoms with van der Waals surface area (Å²) in [4.78, 5) is 12.6. The Bertz CT molecular complexity index is 897. The largest absolute Gasteiger partial charge is 0.469 e. The quantitative estimate of drug-likeness (QED) is 0.341. The van der Waals surface area contributed by atoms with Crippen LogP contribution in [-0.4, -0.2) is 61.3 Å². The predicted octanol–water partition coefficient (Wildman–Crippen LogP) is 2.30. The van der Waals surface area contributed by atoms with Crippen LogP contribution in [0.15, 0.2) is 53.1 Å². The molecule has 1 heterocycles. The maximum atomic E-state index is 12.6. The molecule has 184 valence electrons. The highest BCUT2D eigenvalue weighted by Gasteiger charge is 2.25. The summed E-state index contributed by atoms with van der Waals surface area (Å²) in [7, 11) is -3.51. The first-order chi connectivity index (χ1) is 15.9. The molecule has 2 aromatic rings. The normalized spacial score (nSPS) is 13.7. The minimum absolute atomic E-state index is 0.162. The molecule has 0 aliphatic carbocycles. The number of amides is 1. The van der Waals surface area contributed by atoms with Crippen molar-refractivity contribution in [3.8, 4) is 0 Å². The molecule has 8 nitrogen and oxygen atoms in total. The van der Waals surface area contributed by atoms with Gasteiger partial charge in [0.1, 0.15) is 5.76 Å². The van der Waals surface area contributed by atoms with Crippen molar-refractivity contribution in [1.29, 1.82) is 0 Å². The van der Waals surface area contributed by atoms with Gasteiger partial charge in [0.05, 0.1) is 24.2 Å². The molecular weight excluding hydrogens is 442 g/mol. The lowest BCUT2D eigenvalue weighted by atomic mass is 10.1. The number of carbonyl (C=O) groups is 1. The van der Waals surface area contributed by atoms with Gasteiger partial charge in [0.25, 0.3) is 0 Å². The van der Waals surface area contributed by atoms with E-state index in [1.165, 1.54) is 10.6 Å². The summed E-state index contributed by atoms with van der Waals surface area (Å²) in [5.41, 5.74) is 1.09. The van der Waals surface area contributed by atoms with Crippen LogP contribution in [0.25, 0.3) is 0 Å². The van der Waals surface area contributed by atoms with Crippen molar-refractivity contribution < 1.29 is 22.7 Å². The van der Waals surface area contributed by atoms with Gasteiger partial charge in [-0.3, -0.25) is 4.79 Å². The number of furan rings is 1. The number of aliphatic hydroxyl groups is 1. The molecule has 0 aliphatic heterocycles. The summed E-state index contributed by atoms with van der Waals surface area (Å²) < 4.78 is 32.1. The Morgan fingerprint density at radius 3 is 2.39 bits per heavy atom. The van der Waals surface area contributed by atoms with E-state index in [-0.39, 0.29) is 18.7 Å². The zero-order valence-electron chi connectivity index (χ0n) is 19.6. The van der Waals surface area contributed by atoms with Crippen molar-refractivity contribution in [2.75, 3.05) is 25.4 Å². The number of aliphatic hydroxyl groups excluding tert-OH is 1. The van der Waals surface area contributed by atoms with Crippen molar-refractivity contribution >= 4 is 15.9 Å². The summed E-state index contributed by atoms with van der Waals surface area (Å²) in [6, 6.07) is 12.7. The average Bonchev–Trinajstić information content (AvgIpc) is 3.31. The van der Waals surface area contributed by atoms with Gasteiger partial charge >= 0.3 is 0 Å². The zero-order valence-corrected chi connectivity index (χ0v) is 20.4. The molecule has 9 heteroatoms. The molecule has 3 N–H and O–H groups in total. The van der Waals surface area contributed by atoms with Crippen molar-refractivity contribution in [3.63, 3.8) is 0 Å². The molecule has 0 saturated heterocycles. The van der Waals surface area contributed by atoms with Crippen LogP contribution in [0.5, 0.6) is 0 Å². The SMILES string of the molecule is CCCN(CCC)S(=O)(=O)CCC(=O)N[C@@H](Cc1ccco1)[C@@H](O)CNCc1ccccc1. The molecule has 2 rings (SSSR count). The average molecular weight is 480 g/mol. The van der Waals surface area contributed by atoms with Gasteiger partial charge in [-0.15, -0.1) is 0 Å². The molecule has 33 heavy (non-hydrogen) atoms. The maximum absolute atomic E-state index is 12.6. The van der Waals surface area contributed by atoms with E-state index in [0.29, 0.717) is 31.8 Å². The third-order valence-electron chi connectivity index (χ3n) is 5.26. The summed E-state index contributed by atoms with van der Waals surface area (Å²) >= 11 is 0. The molecule has 0 aliphatic rings.